The van der Waals surface area contributed by atoms with Crippen LogP contribution in [0.15, 0.2) is 77.3 Å². The fraction of sp³-hybridized carbons (Fsp3) is 0.174. The van der Waals surface area contributed by atoms with Crippen molar-refractivity contribution in [1.82, 2.24) is 0 Å². The molecular formula is C23H22BrNO3. The first-order valence-electron chi connectivity index (χ1n) is 9.12. The van der Waals surface area contributed by atoms with E-state index < -0.39 is 0 Å². The summed E-state index contributed by atoms with van der Waals surface area (Å²) in [5.74, 6) is 0.510. The smallest absolute Gasteiger partial charge is 0.338 e. The molecule has 0 aliphatic carbocycles. The number of hydrogen-bond acceptors (Lipinski definition) is 4. The van der Waals surface area contributed by atoms with E-state index in [1.807, 2.05) is 60.7 Å². The van der Waals surface area contributed by atoms with Crippen LogP contribution in [0.3, 0.4) is 0 Å². The predicted octanol–water partition coefficient (Wildman–Crippen LogP) is 5.82. The fourth-order valence-corrected chi connectivity index (χ4v) is 3.19. The molecule has 5 heteroatoms. The van der Waals surface area contributed by atoms with Crippen LogP contribution in [0.25, 0.3) is 0 Å². The molecule has 0 heterocycles. The van der Waals surface area contributed by atoms with Crippen LogP contribution in [0.1, 0.15) is 28.4 Å². The van der Waals surface area contributed by atoms with E-state index in [2.05, 4.69) is 21.2 Å². The van der Waals surface area contributed by atoms with Crippen LogP contribution < -0.4 is 10.1 Å². The molecule has 3 aromatic rings. The number of benzene rings is 3. The standard InChI is InChI=1S/C23H22BrNO3/c1-2-27-23(26)19-9-11-20(12-10-19)25-15-18-8-13-22(21(24)14-18)28-16-17-6-4-3-5-7-17/h3-14,25H,2,15-16H2,1H3. The summed E-state index contributed by atoms with van der Waals surface area (Å²) in [6, 6.07) is 23.4. The zero-order valence-electron chi connectivity index (χ0n) is 15.7. The van der Waals surface area contributed by atoms with Crippen LogP contribution in [0, 0.1) is 0 Å². The molecule has 0 radical (unpaired) electrons. The maximum Gasteiger partial charge on any atom is 0.338 e. The van der Waals surface area contributed by atoms with Crippen molar-refractivity contribution in [2.75, 3.05) is 11.9 Å². The van der Waals surface area contributed by atoms with Gasteiger partial charge in [0.15, 0.2) is 0 Å². The average molecular weight is 440 g/mol. The molecule has 4 nitrogen and oxygen atoms in total. The molecule has 0 aromatic heterocycles. The molecular weight excluding hydrogens is 418 g/mol. The van der Waals surface area contributed by atoms with Gasteiger partial charge in [0.25, 0.3) is 0 Å². The molecule has 0 amide bonds. The Kier molecular flexibility index (Phi) is 7.09. The van der Waals surface area contributed by atoms with Crippen LogP contribution >= 0.6 is 15.9 Å². The minimum atomic E-state index is -0.302. The van der Waals surface area contributed by atoms with E-state index in [1.54, 1.807) is 19.1 Å². The Morgan fingerprint density at radius 1 is 0.964 bits per heavy atom. The predicted molar refractivity (Wildman–Crippen MR) is 115 cm³/mol. The van der Waals surface area contributed by atoms with E-state index in [0.717, 1.165) is 27.0 Å². The molecule has 0 fully saturated rings. The Morgan fingerprint density at radius 2 is 1.71 bits per heavy atom. The highest BCUT2D eigenvalue weighted by atomic mass is 79.9. The van der Waals surface area contributed by atoms with Gasteiger partial charge in [0.1, 0.15) is 12.4 Å². The number of carbonyl (C=O) groups is 1. The lowest BCUT2D eigenvalue weighted by molar-refractivity contribution is 0.0526. The third-order valence-electron chi connectivity index (χ3n) is 4.13. The van der Waals surface area contributed by atoms with Crippen molar-refractivity contribution in [3.05, 3.63) is 94.0 Å². The maximum absolute atomic E-state index is 11.7. The number of ether oxygens (including phenoxy) is 2. The van der Waals surface area contributed by atoms with E-state index in [1.165, 1.54) is 0 Å². The van der Waals surface area contributed by atoms with Crippen LogP contribution in [0.5, 0.6) is 5.75 Å². The molecule has 0 atom stereocenters. The first kappa shape index (κ1) is 20.0. The van der Waals surface area contributed by atoms with Gasteiger partial charge in [-0.05, 0) is 70.4 Å². The van der Waals surface area contributed by atoms with E-state index in [0.29, 0.717) is 25.3 Å². The molecule has 28 heavy (non-hydrogen) atoms. The second-order valence-corrected chi connectivity index (χ2v) is 7.04. The molecule has 0 saturated carbocycles. The third kappa shape index (κ3) is 5.60. The fourth-order valence-electron chi connectivity index (χ4n) is 2.65. The molecule has 3 rings (SSSR count). The van der Waals surface area contributed by atoms with Gasteiger partial charge in [0, 0.05) is 12.2 Å². The van der Waals surface area contributed by atoms with Gasteiger partial charge in [0.05, 0.1) is 16.6 Å². The summed E-state index contributed by atoms with van der Waals surface area (Å²) in [7, 11) is 0. The van der Waals surface area contributed by atoms with Crippen molar-refractivity contribution in [2.45, 2.75) is 20.1 Å². The molecule has 144 valence electrons. The molecule has 0 aliphatic heterocycles. The minimum absolute atomic E-state index is 0.302. The highest BCUT2D eigenvalue weighted by molar-refractivity contribution is 9.10. The van der Waals surface area contributed by atoms with Crippen molar-refractivity contribution in [3.63, 3.8) is 0 Å². The van der Waals surface area contributed by atoms with Gasteiger partial charge in [-0.2, -0.15) is 0 Å². The summed E-state index contributed by atoms with van der Waals surface area (Å²) in [5.41, 5.74) is 3.74. The summed E-state index contributed by atoms with van der Waals surface area (Å²) < 4.78 is 11.8. The van der Waals surface area contributed by atoms with Gasteiger partial charge >= 0.3 is 5.97 Å². The molecule has 0 spiro atoms. The molecule has 0 unspecified atom stereocenters. The zero-order valence-corrected chi connectivity index (χ0v) is 17.2. The number of rotatable bonds is 8. The van der Waals surface area contributed by atoms with Crippen molar-refractivity contribution in [1.29, 1.82) is 0 Å². The van der Waals surface area contributed by atoms with Crippen molar-refractivity contribution >= 4 is 27.6 Å². The quantitative estimate of drug-likeness (QED) is 0.449. The van der Waals surface area contributed by atoms with Gasteiger partial charge < -0.3 is 14.8 Å². The molecule has 0 saturated heterocycles. The summed E-state index contributed by atoms with van der Waals surface area (Å²) in [4.78, 5) is 11.7. The molecule has 0 bridgehead atoms. The Morgan fingerprint density at radius 3 is 2.39 bits per heavy atom. The Balaban J connectivity index is 1.55. The number of halogens is 1. The van der Waals surface area contributed by atoms with Crippen molar-refractivity contribution in [2.24, 2.45) is 0 Å². The van der Waals surface area contributed by atoms with Crippen molar-refractivity contribution < 1.29 is 14.3 Å². The second kappa shape index (κ2) is 9.95. The second-order valence-electron chi connectivity index (χ2n) is 6.19. The Hall–Kier alpha value is -2.79. The SMILES string of the molecule is CCOC(=O)c1ccc(NCc2ccc(OCc3ccccc3)c(Br)c2)cc1. The van der Waals surface area contributed by atoms with Gasteiger partial charge in [-0.25, -0.2) is 4.79 Å². The molecule has 3 aromatic carbocycles. The summed E-state index contributed by atoms with van der Waals surface area (Å²) >= 11 is 3.58. The first-order valence-corrected chi connectivity index (χ1v) is 9.91. The number of carbonyl (C=O) groups excluding carboxylic acids is 1. The lowest BCUT2D eigenvalue weighted by Crippen LogP contribution is -2.05. The largest absolute Gasteiger partial charge is 0.488 e. The highest BCUT2D eigenvalue weighted by Crippen LogP contribution is 2.27. The van der Waals surface area contributed by atoms with E-state index in [4.69, 9.17) is 9.47 Å². The molecule has 0 aliphatic rings. The van der Waals surface area contributed by atoms with Gasteiger partial charge in [0.2, 0.25) is 0 Å². The molecule has 1 N–H and O–H groups in total. The first-order chi connectivity index (χ1) is 13.7. The highest BCUT2D eigenvalue weighted by Gasteiger charge is 2.06. The normalized spacial score (nSPS) is 10.4. The lowest BCUT2D eigenvalue weighted by atomic mass is 10.2. The number of nitrogens with one attached hydrogen (secondary N) is 1. The van der Waals surface area contributed by atoms with Crippen LogP contribution in [-0.4, -0.2) is 12.6 Å². The topological polar surface area (TPSA) is 47.6 Å². The van der Waals surface area contributed by atoms with Gasteiger partial charge in [-0.15, -0.1) is 0 Å². The number of hydrogen-bond donors (Lipinski definition) is 1. The Labute approximate surface area is 173 Å². The van der Waals surface area contributed by atoms with Crippen LogP contribution in [0.2, 0.25) is 0 Å². The van der Waals surface area contributed by atoms with E-state index in [9.17, 15) is 4.79 Å². The van der Waals surface area contributed by atoms with Gasteiger partial charge in [-0.3, -0.25) is 0 Å². The zero-order chi connectivity index (χ0) is 19.8. The number of esters is 1. The lowest BCUT2D eigenvalue weighted by Gasteiger charge is -2.11. The monoisotopic (exact) mass is 439 g/mol. The van der Waals surface area contributed by atoms with Crippen LogP contribution in [0.4, 0.5) is 5.69 Å². The van der Waals surface area contributed by atoms with E-state index >= 15 is 0 Å². The van der Waals surface area contributed by atoms with Gasteiger partial charge in [-0.1, -0.05) is 36.4 Å². The average Bonchev–Trinajstić information content (AvgIpc) is 2.73. The summed E-state index contributed by atoms with van der Waals surface area (Å²) in [6.07, 6.45) is 0. The van der Waals surface area contributed by atoms with E-state index in [-0.39, 0.29) is 5.97 Å². The summed E-state index contributed by atoms with van der Waals surface area (Å²) in [6.45, 7) is 3.36. The van der Waals surface area contributed by atoms with Crippen molar-refractivity contribution in [3.8, 4) is 5.75 Å². The third-order valence-corrected chi connectivity index (χ3v) is 4.75. The summed E-state index contributed by atoms with van der Waals surface area (Å²) in [5, 5.41) is 3.35. The van der Waals surface area contributed by atoms with Crippen LogP contribution in [-0.2, 0) is 17.9 Å². The minimum Gasteiger partial charge on any atom is -0.488 e. The Bertz CT molecular complexity index is 911. The number of anilines is 1. The maximum atomic E-state index is 11.7.